The van der Waals surface area contributed by atoms with Crippen molar-refractivity contribution in [1.82, 2.24) is 9.97 Å². The fourth-order valence-corrected chi connectivity index (χ4v) is 3.12. The van der Waals surface area contributed by atoms with E-state index in [9.17, 15) is 4.39 Å². The van der Waals surface area contributed by atoms with Crippen molar-refractivity contribution in [3.05, 3.63) is 39.4 Å². The Morgan fingerprint density at radius 1 is 1.33 bits per heavy atom. The zero-order valence-corrected chi connectivity index (χ0v) is 13.3. The van der Waals surface area contributed by atoms with Crippen LogP contribution in [0.25, 0.3) is 10.2 Å². The third-order valence-corrected chi connectivity index (χ3v) is 4.27. The van der Waals surface area contributed by atoms with Gasteiger partial charge in [0, 0.05) is 4.88 Å². The number of hydrogen-bond acceptors (Lipinski definition) is 6. The molecule has 0 unspecified atom stereocenters. The molecule has 3 N–H and O–H groups in total. The maximum atomic E-state index is 13.1. The summed E-state index contributed by atoms with van der Waals surface area (Å²) < 4.78 is 19.4. The number of ether oxygens (including phenoxy) is 1. The summed E-state index contributed by atoms with van der Waals surface area (Å²) in [4.78, 5) is 10.3. The highest BCUT2D eigenvalue weighted by atomic mass is 79.9. The molecule has 5 nitrogen and oxygen atoms in total. The Kier molecular flexibility index (Phi) is 3.75. The number of hydrazine groups is 1. The van der Waals surface area contributed by atoms with Crippen molar-refractivity contribution >= 4 is 43.4 Å². The number of aryl methyl sites for hydroxylation is 1. The lowest BCUT2D eigenvalue weighted by molar-refractivity contribution is 0.464. The van der Waals surface area contributed by atoms with E-state index in [1.807, 2.05) is 13.0 Å². The van der Waals surface area contributed by atoms with Gasteiger partial charge in [0.1, 0.15) is 16.4 Å². The first-order valence-corrected chi connectivity index (χ1v) is 7.55. The molecule has 2 aromatic heterocycles. The molecule has 0 bridgehead atoms. The Morgan fingerprint density at radius 3 is 2.86 bits per heavy atom. The van der Waals surface area contributed by atoms with Gasteiger partial charge in [0.15, 0.2) is 0 Å². The van der Waals surface area contributed by atoms with Crippen LogP contribution in [0.15, 0.2) is 28.7 Å². The number of nitrogens with zero attached hydrogens (tertiary/aromatic N) is 2. The van der Waals surface area contributed by atoms with Crippen LogP contribution in [0.3, 0.4) is 0 Å². The first kappa shape index (κ1) is 14.2. The van der Waals surface area contributed by atoms with Crippen molar-refractivity contribution in [2.45, 2.75) is 6.92 Å². The van der Waals surface area contributed by atoms with Crippen LogP contribution in [0.4, 0.5) is 10.3 Å². The molecule has 0 fully saturated rings. The molecular formula is C13H10BrFN4OS. The van der Waals surface area contributed by atoms with Crippen LogP contribution < -0.4 is 16.0 Å². The van der Waals surface area contributed by atoms with E-state index in [-0.39, 0.29) is 11.8 Å². The van der Waals surface area contributed by atoms with E-state index in [0.717, 1.165) is 15.1 Å². The van der Waals surface area contributed by atoms with E-state index >= 15 is 0 Å². The normalized spacial score (nSPS) is 10.9. The minimum atomic E-state index is -0.349. The predicted molar refractivity (Wildman–Crippen MR) is 84.1 cm³/mol. The van der Waals surface area contributed by atoms with E-state index in [1.54, 1.807) is 0 Å². The molecule has 21 heavy (non-hydrogen) atoms. The smallest absolute Gasteiger partial charge is 0.241 e. The third-order valence-electron chi connectivity index (χ3n) is 2.71. The fraction of sp³-hybridized carbons (Fsp3) is 0.0769. The van der Waals surface area contributed by atoms with Gasteiger partial charge in [-0.1, -0.05) is 0 Å². The van der Waals surface area contributed by atoms with Crippen LogP contribution in [-0.2, 0) is 0 Å². The highest BCUT2D eigenvalue weighted by Gasteiger charge is 2.13. The van der Waals surface area contributed by atoms with Gasteiger partial charge >= 0.3 is 0 Å². The molecule has 8 heteroatoms. The van der Waals surface area contributed by atoms with Crippen LogP contribution in [0.2, 0.25) is 0 Å². The van der Waals surface area contributed by atoms with E-state index in [2.05, 4.69) is 31.3 Å². The van der Waals surface area contributed by atoms with E-state index in [4.69, 9.17) is 10.6 Å². The summed E-state index contributed by atoms with van der Waals surface area (Å²) in [5.74, 6) is 6.11. The largest absolute Gasteiger partial charge is 0.437 e. The second-order valence-electron chi connectivity index (χ2n) is 4.25. The van der Waals surface area contributed by atoms with Crippen LogP contribution in [0.1, 0.15) is 4.88 Å². The lowest BCUT2D eigenvalue weighted by Crippen LogP contribution is -2.10. The van der Waals surface area contributed by atoms with Gasteiger partial charge in [0.05, 0.1) is 9.86 Å². The summed E-state index contributed by atoms with van der Waals surface area (Å²) in [5.41, 5.74) is 2.41. The monoisotopic (exact) mass is 368 g/mol. The number of nitrogens with two attached hydrogens (primary N) is 1. The quantitative estimate of drug-likeness (QED) is 0.540. The van der Waals surface area contributed by atoms with Gasteiger partial charge in [0.2, 0.25) is 11.8 Å². The second kappa shape index (κ2) is 5.55. The van der Waals surface area contributed by atoms with Crippen molar-refractivity contribution in [2.75, 3.05) is 5.43 Å². The van der Waals surface area contributed by atoms with Crippen molar-refractivity contribution in [3.8, 4) is 11.6 Å². The Hall–Kier alpha value is -1.77. The average molecular weight is 369 g/mol. The minimum absolute atomic E-state index is 0.262. The first-order valence-electron chi connectivity index (χ1n) is 5.94. The maximum absolute atomic E-state index is 13.1. The number of aromatic nitrogens is 2. The number of hydrogen-bond donors (Lipinski definition) is 2. The number of fused-ring (bicyclic) bond motifs is 1. The zero-order chi connectivity index (χ0) is 15.0. The Bertz CT molecular complexity index is 823. The molecule has 0 saturated heterocycles. The number of halogens is 2. The van der Waals surface area contributed by atoms with Gasteiger partial charge in [-0.3, -0.25) is 5.43 Å². The van der Waals surface area contributed by atoms with Gasteiger partial charge in [-0.15, -0.1) is 11.3 Å². The van der Waals surface area contributed by atoms with Gasteiger partial charge in [-0.05, 0) is 47.1 Å². The van der Waals surface area contributed by atoms with Gasteiger partial charge in [-0.2, -0.15) is 4.98 Å². The summed E-state index contributed by atoms with van der Waals surface area (Å²) in [6.07, 6.45) is 0. The maximum Gasteiger partial charge on any atom is 0.241 e. The molecule has 2 heterocycles. The Labute approximate surface area is 132 Å². The first-order chi connectivity index (χ1) is 10.1. The van der Waals surface area contributed by atoms with E-state index in [0.29, 0.717) is 16.1 Å². The summed E-state index contributed by atoms with van der Waals surface area (Å²) in [7, 11) is 0. The van der Waals surface area contributed by atoms with Crippen LogP contribution in [-0.4, -0.2) is 9.97 Å². The van der Waals surface area contributed by atoms with Crippen molar-refractivity contribution in [1.29, 1.82) is 0 Å². The molecule has 108 valence electrons. The molecule has 0 amide bonds. The second-order valence-corrected chi connectivity index (χ2v) is 6.34. The minimum Gasteiger partial charge on any atom is -0.437 e. The summed E-state index contributed by atoms with van der Waals surface area (Å²) >= 11 is 4.78. The summed E-state index contributed by atoms with van der Waals surface area (Å²) in [6, 6.07) is 6.11. The zero-order valence-electron chi connectivity index (χ0n) is 10.9. The number of rotatable bonds is 3. The molecule has 0 aliphatic rings. The van der Waals surface area contributed by atoms with E-state index in [1.165, 1.54) is 29.5 Å². The molecule has 0 spiro atoms. The number of nitrogen functional groups attached to an aromatic ring is 1. The highest BCUT2D eigenvalue weighted by molar-refractivity contribution is 9.10. The number of anilines is 1. The SMILES string of the molecule is Cc1cc2c(Oc3ccc(F)cc3Br)nc(NN)nc2s1. The third kappa shape index (κ3) is 2.82. The van der Waals surface area contributed by atoms with Crippen molar-refractivity contribution in [2.24, 2.45) is 5.84 Å². The molecule has 0 aliphatic carbocycles. The Balaban J connectivity index is 2.10. The number of benzene rings is 1. The van der Waals surface area contributed by atoms with Gasteiger partial charge in [0.25, 0.3) is 0 Å². The lowest BCUT2D eigenvalue weighted by Gasteiger charge is -2.09. The van der Waals surface area contributed by atoms with Crippen LogP contribution in [0, 0.1) is 12.7 Å². The molecule has 0 radical (unpaired) electrons. The molecule has 3 aromatic rings. The molecule has 0 saturated carbocycles. The standard InChI is InChI=1S/C13H10BrFN4OS/c1-6-4-8-11(17-13(19-16)18-12(8)21-6)20-10-3-2-7(15)5-9(10)14/h2-5H,16H2,1H3,(H,17,18,19). The van der Waals surface area contributed by atoms with Gasteiger partial charge in [-0.25, -0.2) is 15.2 Å². The number of nitrogens with one attached hydrogen (secondary N) is 1. The molecule has 0 aliphatic heterocycles. The number of thiophene rings is 1. The van der Waals surface area contributed by atoms with Crippen LogP contribution >= 0.6 is 27.3 Å². The van der Waals surface area contributed by atoms with Crippen molar-refractivity contribution in [3.63, 3.8) is 0 Å². The molecular weight excluding hydrogens is 359 g/mol. The molecule has 0 atom stereocenters. The average Bonchev–Trinajstić information content (AvgIpc) is 2.82. The fourth-order valence-electron chi connectivity index (χ4n) is 1.82. The van der Waals surface area contributed by atoms with Gasteiger partial charge < -0.3 is 4.74 Å². The topological polar surface area (TPSA) is 73.1 Å². The highest BCUT2D eigenvalue weighted by Crippen LogP contribution is 2.36. The Morgan fingerprint density at radius 2 is 2.14 bits per heavy atom. The summed E-state index contributed by atoms with van der Waals surface area (Å²) in [6.45, 7) is 1.97. The summed E-state index contributed by atoms with van der Waals surface area (Å²) in [5, 5.41) is 0.785. The molecule has 1 aromatic carbocycles. The molecule has 3 rings (SSSR count). The predicted octanol–water partition coefficient (Wildman–Crippen LogP) is 3.98. The van der Waals surface area contributed by atoms with Crippen LogP contribution in [0.5, 0.6) is 11.6 Å². The van der Waals surface area contributed by atoms with Crippen molar-refractivity contribution < 1.29 is 9.13 Å². The van der Waals surface area contributed by atoms with E-state index < -0.39 is 0 Å². The lowest BCUT2D eigenvalue weighted by atomic mass is 10.3.